The molecule has 28 heavy (non-hydrogen) atoms. The Hall–Kier alpha value is -2.93. The molecule has 0 radical (unpaired) electrons. The van der Waals surface area contributed by atoms with Crippen LogP contribution in [0.3, 0.4) is 0 Å². The van der Waals surface area contributed by atoms with E-state index in [2.05, 4.69) is 17.2 Å². The van der Waals surface area contributed by atoms with E-state index in [-0.39, 0.29) is 18.1 Å². The van der Waals surface area contributed by atoms with Gasteiger partial charge in [-0.3, -0.25) is 9.59 Å². The Morgan fingerprint density at radius 2 is 2.04 bits per heavy atom. The average Bonchev–Trinajstić information content (AvgIpc) is 3.27. The van der Waals surface area contributed by atoms with Crippen LogP contribution < -0.4 is 11.3 Å². The van der Waals surface area contributed by atoms with E-state index in [9.17, 15) is 9.59 Å². The Morgan fingerprint density at radius 3 is 2.79 bits per heavy atom. The third kappa shape index (κ3) is 3.84. The van der Waals surface area contributed by atoms with Gasteiger partial charge in [-0.25, -0.2) is 4.68 Å². The van der Waals surface area contributed by atoms with Crippen LogP contribution >= 0.6 is 11.3 Å². The Morgan fingerprint density at radius 1 is 1.21 bits per heavy atom. The first-order chi connectivity index (χ1) is 13.6. The Kier molecular flexibility index (Phi) is 5.25. The molecule has 2 N–H and O–H groups in total. The summed E-state index contributed by atoms with van der Waals surface area (Å²) in [6.45, 7) is 1.28. The minimum atomic E-state index is -0.426. The van der Waals surface area contributed by atoms with Crippen LogP contribution in [-0.2, 0) is 11.3 Å². The second-order valence-corrected chi connectivity index (χ2v) is 7.96. The highest BCUT2D eigenvalue weighted by Crippen LogP contribution is 2.27. The second-order valence-electron chi connectivity index (χ2n) is 7.01. The molecular weight excluding hydrogens is 372 g/mol. The zero-order valence-corrected chi connectivity index (χ0v) is 16.3. The predicted molar refractivity (Wildman–Crippen MR) is 111 cm³/mol. The number of amides is 1. The van der Waals surface area contributed by atoms with E-state index in [1.807, 2.05) is 40.6 Å². The number of carbonyl (C=O) groups is 1. The lowest BCUT2D eigenvalue weighted by Gasteiger charge is -2.33. The van der Waals surface area contributed by atoms with Gasteiger partial charge in [0.2, 0.25) is 5.91 Å². The highest BCUT2D eigenvalue weighted by molar-refractivity contribution is 7.13. The summed E-state index contributed by atoms with van der Waals surface area (Å²) in [5.41, 5.74) is 7.43. The molecule has 144 valence electrons. The molecule has 4 rings (SSSR count). The van der Waals surface area contributed by atoms with Gasteiger partial charge in [0.1, 0.15) is 17.9 Å². The number of anilines is 1. The van der Waals surface area contributed by atoms with E-state index in [0.717, 1.165) is 17.7 Å². The van der Waals surface area contributed by atoms with Gasteiger partial charge in [-0.2, -0.15) is 5.10 Å². The number of rotatable bonds is 4. The van der Waals surface area contributed by atoms with Gasteiger partial charge in [0, 0.05) is 19.0 Å². The molecule has 0 bridgehead atoms. The molecule has 0 spiro atoms. The van der Waals surface area contributed by atoms with E-state index < -0.39 is 5.56 Å². The lowest BCUT2D eigenvalue weighted by Crippen LogP contribution is -2.42. The normalized spacial score (nSPS) is 16.9. The number of benzene rings is 1. The van der Waals surface area contributed by atoms with Gasteiger partial charge in [0.15, 0.2) is 0 Å². The van der Waals surface area contributed by atoms with Gasteiger partial charge in [-0.1, -0.05) is 36.4 Å². The first-order valence-corrected chi connectivity index (χ1v) is 10.2. The Bertz CT molecular complexity index is 1010. The number of aromatic nitrogens is 2. The standard InChI is InChI=1S/C21H22N4O2S/c22-17-12-18(19-9-5-11-28-19)23-25(21(17)27)14-20(26)24-10-4-8-16(13-24)15-6-2-1-3-7-15/h1-3,5-7,9,11-12,16H,4,8,10,13-14,22H2. The number of thiophene rings is 1. The van der Waals surface area contributed by atoms with Crippen molar-refractivity contribution in [1.82, 2.24) is 14.7 Å². The molecule has 1 aromatic carbocycles. The summed E-state index contributed by atoms with van der Waals surface area (Å²) in [4.78, 5) is 28.0. The van der Waals surface area contributed by atoms with Crippen molar-refractivity contribution in [2.45, 2.75) is 25.3 Å². The zero-order chi connectivity index (χ0) is 19.5. The largest absolute Gasteiger partial charge is 0.394 e. The third-order valence-electron chi connectivity index (χ3n) is 5.11. The van der Waals surface area contributed by atoms with Crippen LogP contribution in [-0.4, -0.2) is 33.7 Å². The van der Waals surface area contributed by atoms with Gasteiger partial charge in [0.25, 0.3) is 5.56 Å². The summed E-state index contributed by atoms with van der Waals surface area (Å²) < 4.78 is 1.19. The van der Waals surface area contributed by atoms with Crippen molar-refractivity contribution in [2.24, 2.45) is 0 Å². The Labute approximate surface area is 167 Å². The SMILES string of the molecule is Nc1cc(-c2cccs2)nn(CC(=O)N2CCCC(c3ccccc3)C2)c1=O. The smallest absolute Gasteiger partial charge is 0.290 e. The number of carbonyl (C=O) groups excluding carboxylic acids is 1. The zero-order valence-electron chi connectivity index (χ0n) is 15.5. The quantitative estimate of drug-likeness (QED) is 0.738. The molecule has 1 fully saturated rings. The topological polar surface area (TPSA) is 81.2 Å². The monoisotopic (exact) mass is 394 g/mol. The second kappa shape index (κ2) is 7.98. The van der Waals surface area contributed by atoms with E-state index >= 15 is 0 Å². The number of hydrogen-bond donors (Lipinski definition) is 1. The van der Waals surface area contributed by atoms with Gasteiger partial charge < -0.3 is 10.6 Å². The molecule has 3 heterocycles. The molecule has 6 nitrogen and oxygen atoms in total. The fourth-order valence-corrected chi connectivity index (χ4v) is 4.32. The minimum absolute atomic E-state index is 0.0935. The maximum Gasteiger partial charge on any atom is 0.290 e. The van der Waals surface area contributed by atoms with Crippen LogP contribution in [0.5, 0.6) is 0 Å². The highest BCUT2D eigenvalue weighted by Gasteiger charge is 2.25. The van der Waals surface area contributed by atoms with Crippen molar-refractivity contribution in [2.75, 3.05) is 18.8 Å². The summed E-state index contributed by atoms with van der Waals surface area (Å²) in [6, 6.07) is 15.7. The first kappa shape index (κ1) is 18.4. The molecule has 3 aromatic rings. The summed E-state index contributed by atoms with van der Waals surface area (Å²) in [6.07, 6.45) is 2.01. The summed E-state index contributed by atoms with van der Waals surface area (Å²) >= 11 is 1.52. The number of nitrogens with two attached hydrogens (primary N) is 1. The van der Waals surface area contributed by atoms with Crippen molar-refractivity contribution in [3.8, 4) is 10.6 Å². The summed E-state index contributed by atoms with van der Waals surface area (Å²) in [5.74, 6) is 0.226. The lowest BCUT2D eigenvalue weighted by atomic mass is 9.90. The van der Waals surface area contributed by atoms with Crippen molar-refractivity contribution >= 4 is 22.9 Å². The number of hydrogen-bond acceptors (Lipinski definition) is 5. The summed E-state index contributed by atoms with van der Waals surface area (Å²) in [7, 11) is 0. The minimum Gasteiger partial charge on any atom is -0.394 e. The van der Waals surface area contributed by atoms with Crippen LogP contribution in [0.4, 0.5) is 5.69 Å². The van der Waals surface area contributed by atoms with Gasteiger partial charge in [-0.05, 0) is 35.9 Å². The molecule has 1 aliphatic rings. The van der Waals surface area contributed by atoms with E-state index in [0.29, 0.717) is 24.7 Å². The van der Waals surface area contributed by atoms with Crippen LogP contribution in [0.15, 0.2) is 58.7 Å². The summed E-state index contributed by atoms with van der Waals surface area (Å²) in [5, 5.41) is 6.31. The van der Waals surface area contributed by atoms with Gasteiger partial charge in [-0.15, -0.1) is 11.3 Å². The molecule has 1 atom stereocenters. The van der Waals surface area contributed by atoms with Crippen LogP contribution in [0.1, 0.15) is 24.3 Å². The van der Waals surface area contributed by atoms with Crippen LogP contribution in [0.2, 0.25) is 0 Å². The molecule has 2 aromatic heterocycles. The average molecular weight is 395 g/mol. The molecule has 0 saturated carbocycles. The fraction of sp³-hybridized carbons (Fsp3) is 0.286. The fourth-order valence-electron chi connectivity index (χ4n) is 3.64. The molecular formula is C21H22N4O2S. The van der Waals surface area contributed by atoms with Crippen molar-refractivity contribution in [1.29, 1.82) is 0 Å². The van der Waals surface area contributed by atoms with Crippen molar-refractivity contribution in [3.05, 3.63) is 69.8 Å². The molecule has 0 aliphatic carbocycles. The van der Waals surface area contributed by atoms with Gasteiger partial charge in [0.05, 0.1) is 4.88 Å². The number of nitrogen functional groups attached to an aromatic ring is 1. The third-order valence-corrected chi connectivity index (χ3v) is 6.00. The maximum atomic E-state index is 12.9. The number of piperidine rings is 1. The Balaban J connectivity index is 1.52. The molecule has 1 unspecified atom stereocenters. The maximum absolute atomic E-state index is 12.9. The van der Waals surface area contributed by atoms with E-state index in [1.54, 1.807) is 6.07 Å². The number of nitrogens with zero attached hydrogens (tertiary/aromatic N) is 3. The molecule has 7 heteroatoms. The number of likely N-dealkylation sites (tertiary alicyclic amines) is 1. The van der Waals surface area contributed by atoms with Crippen LogP contribution in [0, 0.1) is 0 Å². The van der Waals surface area contributed by atoms with E-state index in [4.69, 9.17) is 5.73 Å². The highest BCUT2D eigenvalue weighted by atomic mass is 32.1. The lowest BCUT2D eigenvalue weighted by molar-refractivity contribution is -0.133. The molecule has 1 amide bonds. The predicted octanol–water partition coefficient (Wildman–Crippen LogP) is 2.96. The van der Waals surface area contributed by atoms with E-state index in [1.165, 1.54) is 21.6 Å². The molecule has 1 saturated heterocycles. The van der Waals surface area contributed by atoms with Crippen molar-refractivity contribution < 1.29 is 4.79 Å². The van der Waals surface area contributed by atoms with Crippen LogP contribution in [0.25, 0.3) is 10.6 Å². The van der Waals surface area contributed by atoms with Crippen molar-refractivity contribution in [3.63, 3.8) is 0 Å². The molecule has 1 aliphatic heterocycles. The van der Waals surface area contributed by atoms with Gasteiger partial charge >= 0.3 is 0 Å². The first-order valence-electron chi connectivity index (χ1n) is 9.36.